The summed E-state index contributed by atoms with van der Waals surface area (Å²) in [7, 11) is 1.72. The molecule has 2 aliphatic carbocycles. The zero-order valence-electron chi connectivity index (χ0n) is 26.3. The molecule has 0 spiro atoms. The van der Waals surface area contributed by atoms with Crippen LogP contribution in [0.5, 0.6) is 0 Å². The number of fused-ring (bicyclic) bond motifs is 1. The summed E-state index contributed by atoms with van der Waals surface area (Å²) in [5.41, 5.74) is 10.5. The van der Waals surface area contributed by atoms with E-state index < -0.39 is 5.97 Å². The van der Waals surface area contributed by atoms with Gasteiger partial charge in [0.05, 0.1) is 11.9 Å². The number of aromatic carboxylic acids is 1. The smallest absolute Gasteiger partial charge is 0.341 e. The third-order valence-corrected chi connectivity index (χ3v) is 10.2. The van der Waals surface area contributed by atoms with E-state index in [-0.39, 0.29) is 5.56 Å². The number of aryl methyl sites for hydroxylation is 2. The fourth-order valence-electron chi connectivity index (χ4n) is 7.76. The van der Waals surface area contributed by atoms with Crippen molar-refractivity contribution < 1.29 is 14.7 Å². The van der Waals surface area contributed by atoms with Gasteiger partial charge in [-0.25, -0.2) is 9.48 Å². The van der Waals surface area contributed by atoms with Crippen LogP contribution in [0.4, 0.5) is 5.82 Å². The van der Waals surface area contributed by atoms with Crippen molar-refractivity contribution in [2.75, 3.05) is 25.5 Å². The van der Waals surface area contributed by atoms with E-state index in [4.69, 9.17) is 0 Å². The van der Waals surface area contributed by atoms with Crippen molar-refractivity contribution in [2.24, 2.45) is 5.92 Å². The normalized spacial score (nSPS) is 18.2. The van der Waals surface area contributed by atoms with Crippen molar-refractivity contribution in [1.82, 2.24) is 14.7 Å². The second-order valence-electron chi connectivity index (χ2n) is 13.0. The Morgan fingerprint density at radius 2 is 1.78 bits per heavy atom. The van der Waals surface area contributed by atoms with Gasteiger partial charge in [0.2, 0.25) is 5.91 Å². The first-order valence-electron chi connectivity index (χ1n) is 16.6. The minimum Gasteiger partial charge on any atom is -0.477 e. The molecule has 1 atom stereocenters. The van der Waals surface area contributed by atoms with E-state index in [1.54, 1.807) is 11.7 Å². The van der Waals surface area contributed by atoms with Crippen LogP contribution in [0.3, 0.4) is 0 Å². The topological polar surface area (TPSA) is 87.5 Å². The number of likely N-dealkylation sites (tertiary alicyclic amines) is 1. The summed E-state index contributed by atoms with van der Waals surface area (Å²) >= 11 is 0. The maximum atomic E-state index is 12.6. The highest BCUT2D eigenvalue weighted by atomic mass is 16.4. The van der Waals surface area contributed by atoms with Gasteiger partial charge < -0.3 is 15.3 Å². The van der Waals surface area contributed by atoms with Gasteiger partial charge in [0.25, 0.3) is 0 Å². The molecule has 3 aromatic carbocycles. The first-order valence-corrected chi connectivity index (χ1v) is 16.6. The molecule has 2 heterocycles. The zero-order chi connectivity index (χ0) is 31.1. The van der Waals surface area contributed by atoms with Gasteiger partial charge >= 0.3 is 5.97 Å². The number of rotatable bonds is 9. The van der Waals surface area contributed by atoms with Crippen LogP contribution < -0.4 is 5.32 Å². The first kappa shape index (κ1) is 29.3. The summed E-state index contributed by atoms with van der Waals surface area (Å²) in [6, 6.07) is 22.1. The average Bonchev–Trinajstić information content (AvgIpc) is 3.70. The van der Waals surface area contributed by atoms with Crippen LogP contribution >= 0.6 is 0 Å². The molecule has 1 aliphatic heterocycles. The lowest BCUT2D eigenvalue weighted by Crippen LogP contribution is -2.38. The number of aromatic nitrogens is 2. The van der Waals surface area contributed by atoms with Crippen molar-refractivity contribution in [3.63, 3.8) is 0 Å². The molecule has 4 aromatic rings. The molecular weight excluding hydrogens is 560 g/mol. The number of anilines is 1. The molecule has 0 bridgehead atoms. The number of amides is 1. The molecule has 7 nitrogen and oxygen atoms in total. The number of hydrogen-bond donors (Lipinski definition) is 2. The lowest BCUT2D eigenvalue weighted by molar-refractivity contribution is -0.133. The summed E-state index contributed by atoms with van der Waals surface area (Å²) in [5.74, 6) is 1.13. The standard InChI is InChI=1S/C38H42N4O3/c1-3-25-20-24(10-15-32(25)26-16-18-41(19-17-26)37(43)28-12-13-28)21-30-14-11-27-6-5-9-33(35(27)30)29-7-4-8-31(22-29)42-36(39-2)34(23-40-42)38(44)45/h4-10,15,20,22-23,26,28,30,39H,3,11-14,16-19,21H2,1-2H3,(H,44,45)/t30-/m1/s1. The quantitative estimate of drug-likeness (QED) is 0.211. The van der Waals surface area contributed by atoms with Crippen LogP contribution in [0, 0.1) is 5.92 Å². The Morgan fingerprint density at radius 1 is 0.978 bits per heavy atom. The molecule has 3 aliphatic rings. The van der Waals surface area contributed by atoms with Gasteiger partial charge in [-0.3, -0.25) is 4.79 Å². The summed E-state index contributed by atoms with van der Waals surface area (Å²) in [6.07, 6.45) is 9.93. The van der Waals surface area contributed by atoms with Crippen LogP contribution in [-0.4, -0.2) is 51.8 Å². The fourth-order valence-corrected chi connectivity index (χ4v) is 7.76. The number of piperidine rings is 1. The Labute approximate surface area is 265 Å². The maximum Gasteiger partial charge on any atom is 0.341 e. The highest BCUT2D eigenvalue weighted by Crippen LogP contribution is 2.43. The minimum atomic E-state index is -1.00. The zero-order valence-corrected chi connectivity index (χ0v) is 26.3. The van der Waals surface area contributed by atoms with Crippen LogP contribution in [0.2, 0.25) is 0 Å². The molecule has 7 rings (SSSR count). The van der Waals surface area contributed by atoms with Gasteiger partial charge in [0.15, 0.2) is 0 Å². The first-order chi connectivity index (χ1) is 21.9. The number of nitrogens with one attached hydrogen (secondary N) is 1. The van der Waals surface area contributed by atoms with Crippen molar-refractivity contribution in [3.8, 4) is 16.8 Å². The van der Waals surface area contributed by atoms with E-state index >= 15 is 0 Å². The molecule has 1 amide bonds. The molecule has 0 unspecified atom stereocenters. The lowest BCUT2D eigenvalue weighted by atomic mass is 9.83. The van der Waals surface area contributed by atoms with Crippen molar-refractivity contribution in [3.05, 3.63) is 100 Å². The molecule has 2 fully saturated rings. The van der Waals surface area contributed by atoms with Gasteiger partial charge in [0.1, 0.15) is 11.4 Å². The second kappa shape index (κ2) is 12.2. The Kier molecular flexibility index (Phi) is 7.94. The third-order valence-electron chi connectivity index (χ3n) is 10.2. The Morgan fingerprint density at radius 3 is 2.51 bits per heavy atom. The van der Waals surface area contributed by atoms with Gasteiger partial charge in [-0.15, -0.1) is 0 Å². The second-order valence-corrected chi connectivity index (χ2v) is 13.0. The largest absolute Gasteiger partial charge is 0.477 e. The molecule has 232 valence electrons. The number of hydrogen-bond acceptors (Lipinski definition) is 4. The molecule has 2 N–H and O–H groups in total. The number of carboxylic acid groups (broad SMARTS) is 1. The van der Waals surface area contributed by atoms with Gasteiger partial charge in [-0.2, -0.15) is 5.10 Å². The van der Waals surface area contributed by atoms with Crippen LogP contribution in [0.1, 0.15) is 89.0 Å². The average molecular weight is 603 g/mol. The van der Waals surface area contributed by atoms with Gasteiger partial charge in [0, 0.05) is 26.1 Å². The molecular formula is C38H42N4O3. The molecule has 1 aromatic heterocycles. The summed E-state index contributed by atoms with van der Waals surface area (Å²) in [6.45, 7) is 4.05. The summed E-state index contributed by atoms with van der Waals surface area (Å²) < 4.78 is 1.66. The highest BCUT2D eigenvalue weighted by molar-refractivity contribution is 5.93. The van der Waals surface area contributed by atoms with Crippen LogP contribution in [-0.2, 0) is 24.1 Å². The van der Waals surface area contributed by atoms with E-state index in [9.17, 15) is 14.7 Å². The number of carbonyl (C=O) groups is 2. The number of nitrogens with zero attached hydrogens (tertiary/aromatic N) is 3. The Bertz CT molecular complexity index is 1750. The van der Waals surface area contributed by atoms with E-state index in [0.29, 0.717) is 29.5 Å². The van der Waals surface area contributed by atoms with E-state index in [1.165, 1.54) is 39.6 Å². The van der Waals surface area contributed by atoms with Gasteiger partial charge in [-0.05, 0) is 114 Å². The Hall–Kier alpha value is -4.39. The summed E-state index contributed by atoms with van der Waals surface area (Å²) in [5, 5.41) is 17.0. The van der Waals surface area contributed by atoms with E-state index in [2.05, 4.69) is 70.8 Å². The van der Waals surface area contributed by atoms with E-state index in [1.807, 2.05) is 12.1 Å². The molecule has 1 saturated heterocycles. The molecule has 7 heteroatoms. The van der Waals surface area contributed by atoms with Crippen molar-refractivity contribution in [1.29, 1.82) is 0 Å². The molecule has 0 radical (unpaired) electrons. The Balaban J connectivity index is 1.12. The van der Waals surface area contributed by atoms with Crippen molar-refractivity contribution >= 4 is 17.7 Å². The fraction of sp³-hybridized carbons (Fsp3) is 0.395. The van der Waals surface area contributed by atoms with Gasteiger partial charge in [-0.1, -0.05) is 55.5 Å². The predicted molar refractivity (Wildman–Crippen MR) is 177 cm³/mol. The molecule has 45 heavy (non-hydrogen) atoms. The monoisotopic (exact) mass is 602 g/mol. The van der Waals surface area contributed by atoms with E-state index in [0.717, 1.165) is 75.7 Å². The van der Waals surface area contributed by atoms with Crippen LogP contribution in [0.15, 0.2) is 66.9 Å². The third kappa shape index (κ3) is 5.65. The molecule has 1 saturated carbocycles. The van der Waals surface area contributed by atoms with Crippen LogP contribution in [0.25, 0.3) is 16.8 Å². The number of carboxylic acids is 1. The number of benzene rings is 3. The van der Waals surface area contributed by atoms with Crippen molar-refractivity contribution in [2.45, 2.75) is 70.1 Å². The lowest BCUT2D eigenvalue weighted by Gasteiger charge is -2.33. The summed E-state index contributed by atoms with van der Waals surface area (Å²) in [4.78, 5) is 26.4. The number of carbonyl (C=O) groups excluding carboxylic acids is 1. The predicted octanol–water partition coefficient (Wildman–Crippen LogP) is 7.23. The maximum absolute atomic E-state index is 12.6. The highest BCUT2D eigenvalue weighted by Gasteiger charge is 2.35. The SMILES string of the molecule is CCc1cc(C[C@H]2CCc3cccc(-c4cccc(-n5ncc(C(=O)O)c5NC)c4)c32)ccc1C1CCN(C(=O)C2CC2)CC1. The minimum absolute atomic E-state index is 0.148.